The quantitative estimate of drug-likeness (QED) is 0.793. The van der Waals surface area contributed by atoms with Gasteiger partial charge in [-0.05, 0) is 43.5 Å². The standard InChI is InChI=1S/C18H24ClN3O2/c1-12(2)22(16(23)10-18(3,4)5)11-15-20-17(21-24-15)13-6-8-14(19)9-7-13/h6-9,12H,10-11H2,1-5H3. The van der Waals surface area contributed by atoms with Crippen LogP contribution in [0, 0.1) is 5.41 Å². The summed E-state index contributed by atoms with van der Waals surface area (Å²) in [6, 6.07) is 7.29. The lowest BCUT2D eigenvalue weighted by molar-refractivity contribution is -0.135. The summed E-state index contributed by atoms with van der Waals surface area (Å²) in [5.41, 5.74) is 0.764. The van der Waals surface area contributed by atoms with E-state index in [0.29, 0.717) is 29.7 Å². The van der Waals surface area contributed by atoms with Crippen LogP contribution in [0.15, 0.2) is 28.8 Å². The number of amides is 1. The molecule has 0 aliphatic heterocycles. The van der Waals surface area contributed by atoms with E-state index in [-0.39, 0.29) is 17.4 Å². The lowest BCUT2D eigenvalue weighted by Gasteiger charge is -2.28. The molecule has 0 atom stereocenters. The molecule has 6 heteroatoms. The molecule has 24 heavy (non-hydrogen) atoms. The molecule has 2 aromatic rings. The normalized spacial score (nSPS) is 11.8. The average molecular weight is 350 g/mol. The number of rotatable bonds is 5. The van der Waals surface area contributed by atoms with Gasteiger partial charge in [0.2, 0.25) is 17.6 Å². The Bertz CT molecular complexity index is 687. The molecule has 0 fully saturated rings. The van der Waals surface area contributed by atoms with E-state index < -0.39 is 0 Å². The van der Waals surface area contributed by atoms with Gasteiger partial charge in [-0.3, -0.25) is 4.79 Å². The van der Waals surface area contributed by atoms with Crippen LogP contribution in [-0.2, 0) is 11.3 Å². The highest BCUT2D eigenvalue weighted by Crippen LogP contribution is 2.23. The van der Waals surface area contributed by atoms with Gasteiger partial charge in [-0.2, -0.15) is 4.98 Å². The topological polar surface area (TPSA) is 59.2 Å². The van der Waals surface area contributed by atoms with Crippen molar-refractivity contribution in [3.8, 4) is 11.4 Å². The van der Waals surface area contributed by atoms with Crippen molar-refractivity contribution in [2.24, 2.45) is 5.41 Å². The summed E-state index contributed by atoms with van der Waals surface area (Å²) in [6.07, 6.45) is 0.476. The molecule has 0 saturated carbocycles. The number of benzene rings is 1. The van der Waals surface area contributed by atoms with Crippen LogP contribution in [-0.4, -0.2) is 27.0 Å². The van der Waals surface area contributed by atoms with Crippen molar-refractivity contribution in [2.45, 2.75) is 53.6 Å². The summed E-state index contributed by atoms with van der Waals surface area (Å²) in [5, 5.41) is 4.65. The van der Waals surface area contributed by atoms with Crippen LogP contribution in [0.25, 0.3) is 11.4 Å². The maximum absolute atomic E-state index is 12.5. The predicted octanol–water partition coefficient (Wildman–Crippen LogP) is 4.56. The maximum Gasteiger partial charge on any atom is 0.246 e. The van der Waals surface area contributed by atoms with E-state index in [2.05, 4.69) is 30.9 Å². The van der Waals surface area contributed by atoms with E-state index in [1.807, 2.05) is 26.0 Å². The molecule has 0 radical (unpaired) electrons. The van der Waals surface area contributed by atoms with Crippen molar-refractivity contribution >= 4 is 17.5 Å². The van der Waals surface area contributed by atoms with Crippen molar-refractivity contribution in [2.75, 3.05) is 0 Å². The van der Waals surface area contributed by atoms with Crippen LogP contribution >= 0.6 is 11.6 Å². The summed E-state index contributed by atoms with van der Waals surface area (Å²) >= 11 is 5.89. The number of hydrogen-bond acceptors (Lipinski definition) is 4. The maximum atomic E-state index is 12.5. The van der Waals surface area contributed by atoms with Gasteiger partial charge in [-0.1, -0.05) is 37.5 Å². The first-order valence-electron chi connectivity index (χ1n) is 8.04. The van der Waals surface area contributed by atoms with Gasteiger partial charge in [0, 0.05) is 23.0 Å². The zero-order valence-corrected chi connectivity index (χ0v) is 15.6. The highest BCUT2D eigenvalue weighted by molar-refractivity contribution is 6.30. The highest BCUT2D eigenvalue weighted by Gasteiger charge is 2.25. The van der Waals surface area contributed by atoms with Crippen LogP contribution in [0.3, 0.4) is 0 Å². The Morgan fingerprint density at radius 3 is 2.42 bits per heavy atom. The van der Waals surface area contributed by atoms with Crippen LogP contribution in [0.5, 0.6) is 0 Å². The highest BCUT2D eigenvalue weighted by atomic mass is 35.5. The van der Waals surface area contributed by atoms with Crippen molar-refractivity contribution in [1.29, 1.82) is 0 Å². The third-order valence-electron chi connectivity index (χ3n) is 3.50. The largest absolute Gasteiger partial charge is 0.337 e. The summed E-state index contributed by atoms with van der Waals surface area (Å²) in [4.78, 5) is 18.7. The van der Waals surface area contributed by atoms with Crippen LogP contribution in [0.1, 0.15) is 46.9 Å². The van der Waals surface area contributed by atoms with Crippen molar-refractivity contribution in [3.05, 3.63) is 35.2 Å². The number of nitrogens with zero attached hydrogens (tertiary/aromatic N) is 3. The number of aromatic nitrogens is 2. The second-order valence-electron chi connectivity index (χ2n) is 7.37. The number of carbonyl (C=O) groups is 1. The van der Waals surface area contributed by atoms with Gasteiger partial charge in [0.05, 0.1) is 0 Å². The van der Waals surface area contributed by atoms with E-state index in [1.54, 1.807) is 17.0 Å². The fraction of sp³-hybridized carbons (Fsp3) is 0.500. The molecule has 0 unspecified atom stereocenters. The minimum Gasteiger partial charge on any atom is -0.337 e. The van der Waals surface area contributed by atoms with Gasteiger partial charge >= 0.3 is 0 Å². The lowest BCUT2D eigenvalue weighted by atomic mass is 9.91. The number of carbonyl (C=O) groups excluding carboxylic acids is 1. The predicted molar refractivity (Wildman–Crippen MR) is 94.5 cm³/mol. The van der Waals surface area contributed by atoms with Gasteiger partial charge in [0.25, 0.3) is 0 Å². The van der Waals surface area contributed by atoms with E-state index in [0.717, 1.165) is 5.56 Å². The summed E-state index contributed by atoms with van der Waals surface area (Å²) in [7, 11) is 0. The van der Waals surface area contributed by atoms with Gasteiger partial charge in [-0.25, -0.2) is 0 Å². The molecular formula is C18H24ClN3O2. The first kappa shape index (κ1) is 18.5. The molecular weight excluding hydrogens is 326 g/mol. The Morgan fingerprint density at radius 1 is 1.25 bits per heavy atom. The third-order valence-corrected chi connectivity index (χ3v) is 3.75. The fourth-order valence-electron chi connectivity index (χ4n) is 2.29. The second-order valence-corrected chi connectivity index (χ2v) is 7.81. The SMILES string of the molecule is CC(C)N(Cc1nc(-c2ccc(Cl)cc2)no1)C(=O)CC(C)(C)C. The van der Waals surface area contributed by atoms with Crippen molar-refractivity contribution in [1.82, 2.24) is 15.0 Å². The number of hydrogen-bond donors (Lipinski definition) is 0. The molecule has 0 N–H and O–H groups in total. The molecule has 1 aromatic carbocycles. The Labute approximate surface area is 148 Å². The average Bonchev–Trinajstić information content (AvgIpc) is 2.92. The minimum absolute atomic E-state index is 0.0609. The molecule has 2 rings (SSSR count). The summed E-state index contributed by atoms with van der Waals surface area (Å²) in [5.74, 6) is 1.01. The fourth-order valence-corrected chi connectivity index (χ4v) is 2.42. The lowest BCUT2D eigenvalue weighted by Crippen LogP contribution is -2.38. The van der Waals surface area contributed by atoms with E-state index in [9.17, 15) is 4.79 Å². The second kappa shape index (κ2) is 7.34. The summed E-state index contributed by atoms with van der Waals surface area (Å²) in [6.45, 7) is 10.4. The van der Waals surface area contributed by atoms with Crippen LogP contribution in [0.4, 0.5) is 0 Å². The van der Waals surface area contributed by atoms with E-state index in [4.69, 9.17) is 16.1 Å². The minimum atomic E-state index is -0.0620. The monoisotopic (exact) mass is 349 g/mol. The third kappa shape index (κ3) is 5.06. The molecule has 5 nitrogen and oxygen atoms in total. The molecule has 0 spiro atoms. The van der Waals surface area contributed by atoms with Gasteiger partial charge < -0.3 is 9.42 Å². The van der Waals surface area contributed by atoms with Crippen molar-refractivity contribution < 1.29 is 9.32 Å². The van der Waals surface area contributed by atoms with Gasteiger partial charge in [-0.15, -0.1) is 0 Å². The van der Waals surface area contributed by atoms with Gasteiger partial charge in [0.15, 0.2) is 0 Å². The van der Waals surface area contributed by atoms with Crippen LogP contribution < -0.4 is 0 Å². The zero-order chi connectivity index (χ0) is 17.9. The molecule has 0 bridgehead atoms. The van der Waals surface area contributed by atoms with Crippen LogP contribution in [0.2, 0.25) is 5.02 Å². The molecule has 0 aliphatic carbocycles. The Hall–Kier alpha value is -1.88. The molecule has 1 heterocycles. The van der Waals surface area contributed by atoms with Crippen molar-refractivity contribution in [3.63, 3.8) is 0 Å². The smallest absolute Gasteiger partial charge is 0.246 e. The van der Waals surface area contributed by atoms with E-state index >= 15 is 0 Å². The Balaban J connectivity index is 2.13. The molecule has 0 saturated heterocycles. The Morgan fingerprint density at radius 2 is 1.88 bits per heavy atom. The molecule has 130 valence electrons. The van der Waals surface area contributed by atoms with E-state index in [1.165, 1.54) is 0 Å². The molecule has 1 aromatic heterocycles. The first-order valence-corrected chi connectivity index (χ1v) is 8.41. The summed E-state index contributed by atoms with van der Waals surface area (Å²) < 4.78 is 5.32. The first-order chi connectivity index (χ1) is 11.2. The zero-order valence-electron chi connectivity index (χ0n) is 14.8. The van der Waals surface area contributed by atoms with Gasteiger partial charge in [0.1, 0.15) is 6.54 Å². The number of halogens is 1. The molecule has 0 aliphatic rings. The Kier molecular flexibility index (Phi) is 5.65. The molecule has 1 amide bonds.